The van der Waals surface area contributed by atoms with E-state index in [1.165, 1.54) is 16.7 Å². The van der Waals surface area contributed by atoms with Gasteiger partial charge in [0.15, 0.2) is 0 Å². The molecule has 2 saturated heterocycles. The van der Waals surface area contributed by atoms with E-state index in [1.54, 1.807) is 23.5 Å². The van der Waals surface area contributed by atoms with Crippen molar-refractivity contribution in [1.29, 1.82) is 0 Å². The summed E-state index contributed by atoms with van der Waals surface area (Å²) in [7, 11) is 0. The summed E-state index contributed by atoms with van der Waals surface area (Å²) in [5, 5.41) is 1.97. The van der Waals surface area contributed by atoms with Crippen LogP contribution in [0.15, 0.2) is 45.4 Å². The summed E-state index contributed by atoms with van der Waals surface area (Å²) in [5.74, 6) is 0.397. The molecule has 0 saturated carbocycles. The Bertz CT molecular complexity index is 1140. The molecule has 6 nitrogen and oxygen atoms in total. The number of nitrogens with zero attached hydrogens (tertiary/aromatic N) is 3. The van der Waals surface area contributed by atoms with Crippen LogP contribution in [0.5, 0.6) is 0 Å². The molecule has 5 rings (SSSR count). The fourth-order valence-corrected chi connectivity index (χ4v) is 6.69. The number of carbonyl (C=O) groups is 2. The van der Waals surface area contributed by atoms with Gasteiger partial charge in [0.1, 0.15) is 4.32 Å². The second-order valence-electron chi connectivity index (χ2n) is 8.10. The van der Waals surface area contributed by atoms with E-state index in [1.807, 2.05) is 39.1 Å². The molecule has 5 heterocycles. The van der Waals surface area contributed by atoms with Gasteiger partial charge in [-0.25, -0.2) is 0 Å². The van der Waals surface area contributed by atoms with Crippen LogP contribution in [0.2, 0.25) is 0 Å². The van der Waals surface area contributed by atoms with Crippen LogP contribution < -0.4 is 5.56 Å². The SMILES string of the molecule is O=C(CCN1C(=O)C(=Cc2cccs2)SC1=S)N1C[C@H]2C[C@H](C1)c1cccc(=O)n1C2. The molecule has 0 unspecified atom stereocenters. The highest BCUT2D eigenvalue weighted by Crippen LogP contribution is 2.36. The first-order chi connectivity index (χ1) is 15.0. The highest BCUT2D eigenvalue weighted by atomic mass is 32.2. The van der Waals surface area contributed by atoms with Gasteiger partial charge in [0, 0.05) is 55.2 Å². The van der Waals surface area contributed by atoms with E-state index in [-0.39, 0.29) is 29.7 Å². The number of piperidine rings is 1. The lowest BCUT2D eigenvalue weighted by Crippen LogP contribution is -2.49. The molecule has 0 N–H and O–H groups in total. The Morgan fingerprint density at radius 3 is 2.84 bits per heavy atom. The molecule has 160 valence electrons. The van der Waals surface area contributed by atoms with Gasteiger partial charge < -0.3 is 9.47 Å². The summed E-state index contributed by atoms with van der Waals surface area (Å²) in [4.78, 5) is 43.0. The lowest BCUT2D eigenvalue weighted by molar-refractivity contribution is -0.134. The third-order valence-electron chi connectivity index (χ3n) is 6.07. The predicted octanol–water partition coefficient (Wildman–Crippen LogP) is 3.15. The summed E-state index contributed by atoms with van der Waals surface area (Å²) in [6, 6.07) is 9.30. The maximum atomic E-state index is 13.0. The zero-order valence-electron chi connectivity index (χ0n) is 16.7. The predicted molar refractivity (Wildman–Crippen MR) is 127 cm³/mol. The van der Waals surface area contributed by atoms with Crippen LogP contribution in [0.3, 0.4) is 0 Å². The maximum Gasteiger partial charge on any atom is 0.266 e. The molecule has 2 fully saturated rings. The molecule has 0 aromatic carbocycles. The Labute approximate surface area is 193 Å². The van der Waals surface area contributed by atoms with Gasteiger partial charge in [-0.2, -0.15) is 0 Å². The van der Waals surface area contributed by atoms with E-state index in [9.17, 15) is 14.4 Å². The molecule has 0 radical (unpaired) electrons. The largest absolute Gasteiger partial charge is 0.342 e. The molecule has 0 aliphatic carbocycles. The third kappa shape index (κ3) is 4.02. The Morgan fingerprint density at radius 2 is 2.03 bits per heavy atom. The third-order valence-corrected chi connectivity index (χ3v) is 8.27. The van der Waals surface area contributed by atoms with E-state index >= 15 is 0 Å². The fraction of sp³-hybridized carbons (Fsp3) is 0.364. The van der Waals surface area contributed by atoms with Crippen molar-refractivity contribution < 1.29 is 9.59 Å². The number of thiophene rings is 1. The monoisotopic (exact) mass is 471 g/mol. The van der Waals surface area contributed by atoms with Crippen molar-refractivity contribution in [2.75, 3.05) is 19.6 Å². The van der Waals surface area contributed by atoms with Crippen molar-refractivity contribution in [2.24, 2.45) is 5.92 Å². The summed E-state index contributed by atoms with van der Waals surface area (Å²) < 4.78 is 2.37. The Balaban J connectivity index is 1.23. The quantitative estimate of drug-likeness (QED) is 0.506. The first-order valence-corrected chi connectivity index (χ1v) is 12.4. The minimum absolute atomic E-state index is 0.0388. The van der Waals surface area contributed by atoms with Crippen molar-refractivity contribution in [3.05, 3.63) is 61.5 Å². The number of pyridine rings is 1. The first kappa shape index (κ1) is 20.7. The first-order valence-electron chi connectivity index (χ1n) is 10.3. The second-order valence-corrected chi connectivity index (χ2v) is 10.8. The number of hydrogen-bond acceptors (Lipinski definition) is 6. The van der Waals surface area contributed by atoms with Gasteiger partial charge >= 0.3 is 0 Å². The zero-order chi connectivity index (χ0) is 21.5. The Morgan fingerprint density at radius 1 is 1.16 bits per heavy atom. The molecule has 31 heavy (non-hydrogen) atoms. The average molecular weight is 472 g/mol. The lowest BCUT2D eigenvalue weighted by Gasteiger charge is -2.42. The van der Waals surface area contributed by atoms with E-state index in [0.29, 0.717) is 41.3 Å². The van der Waals surface area contributed by atoms with Crippen LogP contribution in [0.1, 0.15) is 29.3 Å². The number of carbonyl (C=O) groups excluding carboxylic acids is 2. The molecule has 2 amide bonds. The fourth-order valence-electron chi connectivity index (χ4n) is 4.66. The second kappa shape index (κ2) is 8.37. The van der Waals surface area contributed by atoms with Crippen molar-refractivity contribution in [2.45, 2.75) is 25.3 Å². The molecule has 2 bridgehead atoms. The molecule has 3 aliphatic heterocycles. The Hall–Kier alpha value is -2.23. The van der Waals surface area contributed by atoms with Crippen LogP contribution in [0, 0.1) is 5.92 Å². The number of amides is 2. The molecular weight excluding hydrogens is 450 g/mol. The lowest BCUT2D eigenvalue weighted by atomic mass is 9.83. The zero-order valence-corrected chi connectivity index (χ0v) is 19.2. The van der Waals surface area contributed by atoms with Crippen LogP contribution in [-0.2, 0) is 16.1 Å². The molecular formula is C22H21N3O3S3. The van der Waals surface area contributed by atoms with Crippen molar-refractivity contribution >= 4 is 57.5 Å². The van der Waals surface area contributed by atoms with E-state index < -0.39 is 0 Å². The van der Waals surface area contributed by atoms with Crippen LogP contribution in [0.25, 0.3) is 6.08 Å². The van der Waals surface area contributed by atoms with E-state index in [0.717, 1.165) is 17.0 Å². The standard InChI is InChI=1S/C22H21N3O3S3/c26-19(6-7-24-21(28)18(31-22(24)29)10-16-3-2-8-30-16)23-11-14-9-15(13-23)17-4-1-5-20(27)25(17)12-14/h1-5,8,10,14-15H,6-7,9,11-13H2/t14-,15-/m1/s1. The molecule has 3 aliphatic rings. The number of hydrogen-bond donors (Lipinski definition) is 0. The number of rotatable bonds is 4. The van der Waals surface area contributed by atoms with Gasteiger partial charge in [-0.15, -0.1) is 11.3 Å². The van der Waals surface area contributed by atoms with Crippen molar-refractivity contribution in [1.82, 2.24) is 14.4 Å². The van der Waals surface area contributed by atoms with Crippen LogP contribution in [0.4, 0.5) is 0 Å². The molecule has 2 aromatic rings. The van der Waals surface area contributed by atoms with Crippen LogP contribution >= 0.6 is 35.3 Å². The highest BCUT2D eigenvalue weighted by molar-refractivity contribution is 8.26. The van der Waals surface area contributed by atoms with Gasteiger partial charge in [-0.1, -0.05) is 36.1 Å². The minimum atomic E-state index is -0.125. The number of thiocarbonyl (C=S) groups is 1. The highest BCUT2D eigenvalue weighted by Gasteiger charge is 2.37. The van der Waals surface area contributed by atoms with Gasteiger partial charge in [0.05, 0.1) is 4.91 Å². The van der Waals surface area contributed by atoms with Crippen molar-refractivity contribution in [3.8, 4) is 0 Å². The normalized spacial score (nSPS) is 24.1. The van der Waals surface area contributed by atoms with Crippen LogP contribution in [-0.4, -0.2) is 50.1 Å². The molecule has 2 aromatic heterocycles. The van der Waals surface area contributed by atoms with E-state index in [2.05, 4.69) is 0 Å². The number of thioether (sulfide) groups is 1. The van der Waals surface area contributed by atoms with Gasteiger partial charge in [0.2, 0.25) is 5.91 Å². The van der Waals surface area contributed by atoms with Gasteiger partial charge in [0.25, 0.3) is 11.5 Å². The summed E-state index contributed by atoms with van der Waals surface area (Å²) in [6.07, 6.45) is 3.12. The smallest absolute Gasteiger partial charge is 0.266 e. The van der Waals surface area contributed by atoms with Gasteiger partial charge in [-0.05, 0) is 35.9 Å². The summed E-state index contributed by atoms with van der Waals surface area (Å²) in [5.41, 5.74) is 1.06. The Kier molecular flexibility index (Phi) is 5.58. The summed E-state index contributed by atoms with van der Waals surface area (Å²) >= 11 is 8.26. The van der Waals surface area contributed by atoms with Crippen molar-refractivity contribution in [3.63, 3.8) is 0 Å². The number of aromatic nitrogens is 1. The van der Waals surface area contributed by atoms with Gasteiger partial charge in [-0.3, -0.25) is 19.3 Å². The number of fused-ring (bicyclic) bond motifs is 4. The number of likely N-dealkylation sites (tertiary alicyclic amines) is 1. The summed E-state index contributed by atoms with van der Waals surface area (Å²) in [6.45, 7) is 2.24. The maximum absolute atomic E-state index is 13.0. The molecule has 9 heteroatoms. The van der Waals surface area contributed by atoms with E-state index in [4.69, 9.17) is 12.2 Å². The minimum Gasteiger partial charge on any atom is -0.342 e. The average Bonchev–Trinajstić information content (AvgIpc) is 3.35. The topological polar surface area (TPSA) is 62.6 Å². The molecule has 0 spiro atoms. The molecule has 2 atom stereocenters.